The van der Waals surface area contributed by atoms with Gasteiger partial charge in [-0.05, 0) is 43.3 Å². The molecule has 1 aromatic heterocycles. The maximum atomic E-state index is 12.9. The average Bonchev–Trinajstić information content (AvgIpc) is 2.88. The molecule has 0 amide bonds. The Morgan fingerprint density at radius 3 is 2.44 bits per heavy atom. The van der Waals surface area contributed by atoms with Crippen LogP contribution in [-0.4, -0.2) is 20.5 Å². The molecule has 0 fully saturated rings. The van der Waals surface area contributed by atoms with E-state index in [1.807, 2.05) is 0 Å². The van der Waals surface area contributed by atoms with Gasteiger partial charge in [-0.3, -0.25) is 29.5 Å². The number of ether oxygens (including phenoxy) is 1. The number of nitrogens with zero attached hydrogens (tertiary/aromatic N) is 2. The summed E-state index contributed by atoms with van der Waals surface area (Å²) in [5, 5.41) is 14.8. The Bertz CT molecular complexity index is 1100. The summed E-state index contributed by atoms with van der Waals surface area (Å²) in [5.74, 6) is -0.540. The Kier molecular flexibility index (Phi) is 4.83. The lowest BCUT2D eigenvalue weighted by Gasteiger charge is -2.09. The summed E-state index contributed by atoms with van der Waals surface area (Å²) in [7, 11) is 1.46. The lowest BCUT2D eigenvalue weighted by molar-refractivity contribution is -0.385. The van der Waals surface area contributed by atoms with Crippen molar-refractivity contribution in [1.82, 2.24) is 9.78 Å². The van der Waals surface area contributed by atoms with Gasteiger partial charge < -0.3 is 4.74 Å². The fourth-order valence-corrected chi connectivity index (χ4v) is 2.82. The number of nitro benzene ring substituents is 1. The minimum atomic E-state index is -0.748. The molecular weight excluding hydrogens is 374 g/mol. The summed E-state index contributed by atoms with van der Waals surface area (Å²) in [6, 6.07) is 10.4. The number of rotatable bonds is 5. The first-order valence-electron chi connectivity index (χ1n) is 7.80. The molecule has 0 unspecified atom stereocenters. The van der Waals surface area contributed by atoms with E-state index < -0.39 is 22.0 Å². The first-order chi connectivity index (χ1) is 12.8. The van der Waals surface area contributed by atoms with E-state index in [1.165, 1.54) is 25.2 Å². The van der Waals surface area contributed by atoms with Gasteiger partial charge in [-0.25, -0.2) is 0 Å². The maximum Gasteiger partial charge on any atom is 0.322 e. The van der Waals surface area contributed by atoms with Crippen molar-refractivity contribution in [2.45, 2.75) is 6.92 Å². The van der Waals surface area contributed by atoms with E-state index in [1.54, 1.807) is 31.2 Å². The van der Waals surface area contributed by atoms with Gasteiger partial charge in [0.25, 0.3) is 5.56 Å². The second-order valence-corrected chi connectivity index (χ2v) is 6.21. The minimum Gasteiger partial charge on any atom is -0.450 e. The predicted octanol–water partition coefficient (Wildman–Crippen LogP) is 3.61. The van der Waals surface area contributed by atoms with Crippen molar-refractivity contribution in [2.75, 3.05) is 0 Å². The fourth-order valence-electron chi connectivity index (χ4n) is 2.69. The molecule has 0 spiro atoms. The van der Waals surface area contributed by atoms with Crippen LogP contribution in [0.4, 0.5) is 5.69 Å². The Labute approximate surface area is 158 Å². The van der Waals surface area contributed by atoms with Crippen molar-refractivity contribution in [2.24, 2.45) is 7.05 Å². The predicted molar refractivity (Wildman–Crippen MR) is 98.8 cm³/mol. The third kappa shape index (κ3) is 3.47. The normalized spacial score (nSPS) is 10.6. The van der Waals surface area contributed by atoms with Crippen molar-refractivity contribution in [3.8, 4) is 11.5 Å². The molecule has 0 radical (unpaired) electrons. The van der Waals surface area contributed by atoms with Gasteiger partial charge >= 0.3 is 5.69 Å². The lowest BCUT2D eigenvalue weighted by Crippen LogP contribution is -2.20. The monoisotopic (exact) mass is 387 g/mol. The largest absolute Gasteiger partial charge is 0.450 e. The van der Waals surface area contributed by atoms with Gasteiger partial charge in [-0.1, -0.05) is 17.7 Å². The van der Waals surface area contributed by atoms with Crippen LogP contribution in [0.25, 0.3) is 0 Å². The maximum absolute atomic E-state index is 12.9. The standard InChI is InChI=1S/C18H14ClN3O5/c1-10-15(18(24)21(2)20-10)17(23)13-4-3-5-14(16(13)22(25)26)27-12-8-6-11(19)7-9-12/h3-9,20H,1-2H3. The molecule has 0 saturated carbocycles. The highest BCUT2D eigenvalue weighted by atomic mass is 35.5. The van der Waals surface area contributed by atoms with Crippen molar-refractivity contribution < 1.29 is 14.5 Å². The first kappa shape index (κ1) is 18.4. The summed E-state index contributed by atoms with van der Waals surface area (Å²) in [5.41, 5.74) is -1.13. The van der Waals surface area contributed by atoms with Crippen LogP contribution in [0, 0.1) is 17.0 Å². The van der Waals surface area contributed by atoms with Crippen LogP contribution in [0.1, 0.15) is 21.6 Å². The highest BCUT2D eigenvalue weighted by Gasteiger charge is 2.30. The number of carbonyl (C=O) groups is 1. The van der Waals surface area contributed by atoms with E-state index in [0.717, 1.165) is 4.68 Å². The number of hydrogen-bond acceptors (Lipinski definition) is 5. The van der Waals surface area contributed by atoms with Crippen molar-refractivity contribution >= 4 is 23.1 Å². The molecule has 0 aliphatic carbocycles. The molecule has 138 valence electrons. The topological polar surface area (TPSA) is 107 Å². The lowest BCUT2D eigenvalue weighted by atomic mass is 10.0. The molecular formula is C18H14ClN3O5. The zero-order valence-corrected chi connectivity index (χ0v) is 15.1. The molecule has 1 N–H and O–H groups in total. The summed E-state index contributed by atoms with van der Waals surface area (Å²) >= 11 is 5.82. The number of halogens is 1. The molecule has 3 aromatic rings. The highest BCUT2D eigenvalue weighted by Crippen LogP contribution is 2.35. The summed E-state index contributed by atoms with van der Waals surface area (Å²) in [6.07, 6.45) is 0. The quantitative estimate of drug-likeness (QED) is 0.409. The van der Waals surface area contributed by atoms with Crippen LogP contribution < -0.4 is 10.3 Å². The number of carbonyl (C=O) groups excluding carboxylic acids is 1. The second kappa shape index (κ2) is 7.08. The smallest absolute Gasteiger partial charge is 0.322 e. The fraction of sp³-hybridized carbons (Fsp3) is 0.111. The van der Waals surface area contributed by atoms with Crippen LogP contribution in [-0.2, 0) is 7.05 Å². The number of benzene rings is 2. The van der Waals surface area contributed by atoms with Gasteiger partial charge in [0.05, 0.1) is 4.92 Å². The molecule has 0 aliphatic heterocycles. The number of ketones is 1. The van der Waals surface area contributed by atoms with Gasteiger partial charge in [0.1, 0.15) is 16.9 Å². The Balaban J connectivity index is 2.11. The summed E-state index contributed by atoms with van der Waals surface area (Å²) < 4.78 is 6.72. The van der Waals surface area contributed by atoms with Crippen LogP contribution in [0.2, 0.25) is 5.02 Å². The van der Waals surface area contributed by atoms with Gasteiger partial charge in [-0.2, -0.15) is 0 Å². The van der Waals surface area contributed by atoms with E-state index in [-0.39, 0.29) is 16.9 Å². The van der Waals surface area contributed by atoms with Gasteiger partial charge in [0, 0.05) is 17.8 Å². The van der Waals surface area contributed by atoms with Gasteiger partial charge in [0.15, 0.2) is 0 Å². The van der Waals surface area contributed by atoms with Crippen LogP contribution in [0.3, 0.4) is 0 Å². The van der Waals surface area contributed by atoms with E-state index in [9.17, 15) is 19.7 Å². The Hall–Kier alpha value is -3.39. The number of aromatic amines is 1. The molecule has 2 aromatic carbocycles. The molecule has 0 saturated heterocycles. The van der Waals surface area contributed by atoms with E-state index >= 15 is 0 Å². The number of aryl methyl sites for hydroxylation is 2. The zero-order valence-electron chi connectivity index (χ0n) is 14.4. The van der Waals surface area contributed by atoms with Crippen molar-refractivity contribution in [1.29, 1.82) is 0 Å². The SMILES string of the molecule is Cc1[nH]n(C)c(=O)c1C(=O)c1cccc(Oc2ccc(Cl)cc2)c1[N+](=O)[O-]. The van der Waals surface area contributed by atoms with Gasteiger partial charge in [-0.15, -0.1) is 0 Å². The number of para-hydroxylation sites is 1. The van der Waals surface area contributed by atoms with E-state index in [0.29, 0.717) is 16.5 Å². The second-order valence-electron chi connectivity index (χ2n) is 5.77. The molecule has 0 aliphatic rings. The molecule has 0 bridgehead atoms. The third-order valence-electron chi connectivity index (χ3n) is 3.92. The Morgan fingerprint density at radius 1 is 1.22 bits per heavy atom. The number of H-pyrrole nitrogens is 1. The van der Waals surface area contributed by atoms with E-state index in [2.05, 4.69) is 5.10 Å². The Morgan fingerprint density at radius 2 is 1.89 bits per heavy atom. The number of nitro groups is 1. The summed E-state index contributed by atoms with van der Waals surface area (Å²) in [6.45, 7) is 1.55. The molecule has 0 atom stereocenters. The van der Waals surface area contributed by atoms with Crippen LogP contribution in [0.5, 0.6) is 11.5 Å². The van der Waals surface area contributed by atoms with Crippen LogP contribution >= 0.6 is 11.6 Å². The molecule has 3 rings (SSSR count). The van der Waals surface area contributed by atoms with E-state index in [4.69, 9.17) is 16.3 Å². The minimum absolute atomic E-state index is 0.113. The third-order valence-corrected chi connectivity index (χ3v) is 4.18. The van der Waals surface area contributed by atoms with Crippen molar-refractivity contribution in [3.63, 3.8) is 0 Å². The molecule has 27 heavy (non-hydrogen) atoms. The number of hydrogen-bond donors (Lipinski definition) is 1. The number of nitrogens with one attached hydrogen (secondary N) is 1. The summed E-state index contributed by atoms with van der Waals surface area (Å²) in [4.78, 5) is 36.0. The molecule has 9 heteroatoms. The highest BCUT2D eigenvalue weighted by molar-refractivity contribution is 6.30. The van der Waals surface area contributed by atoms with Gasteiger partial charge in [0.2, 0.25) is 11.5 Å². The average molecular weight is 388 g/mol. The number of aromatic nitrogens is 2. The molecule has 1 heterocycles. The molecule has 8 nitrogen and oxygen atoms in total. The first-order valence-corrected chi connectivity index (χ1v) is 8.18. The van der Waals surface area contributed by atoms with Crippen LogP contribution in [0.15, 0.2) is 47.3 Å². The zero-order chi connectivity index (χ0) is 19.7. The van der Waals surface area contributed by atoms with Crippen molar-refractivity contribution in [3.05, 3.63) is 84.8 Å².